The van der Waals surface area contributed by atoms with E-state index >= 15 is 0 Å². The number of carbonyl (C=O) groups is 1. The Bertz CT molecular complexity index is 976. The van der Waals surface area contributed by atoms with Gasteiger partial charge in [0.15, 0.2) is 4.75 Å². The summed E-state index contributed by atoms with van der Waals surface area (Å²) in [5.74, 6) is 0.117. The summed E-state index contributed by atoms with van der Waals surface area (Å²) in [6.45, 7) is 3.52. The van der Waals surface area contributed by atoms with Crippen molar-refractivity contribution in [1.82, 2.24) is 0 Å². The van der Waals surface area contributed by atoms with Gasteiger partial charge >= 0.3 is 0 Å². The Morgan fingerprint density at radius 3 is 2.48 bits per heavy atom. The van der Waals surface area contributed by atoms with E-state index in [4.69, 9.17) is 16.3 Å². The van der Waals surface area contributed by atoms with E-state index in [1.165, 1.54) is 11.2 Å². The van der Waals surface area contributed by atoms with Gasteiger partial charge < -0.3 is 10.1 Å². The molecule has 0 aliphatic carbocycles. The molecular formula is C19H21ClN2O4S. The lowest BCUT2D eigenvalue weighted by Crippen LogP contribution is -2.47. The molecule has 1 atom stereocenters. The van der Waals surface area contributed by atoms with Gasteiger partial charge in [-0.05, 0) is 68.3 Å². The Labute approximate surface area is 164 Å². The number of nitrogens with one attached hydrogen (secondary N) is 1. The maximum absolute atomic E-state index is 13.1. The number of sulfonamides is 1. The topological polar surface area (TPSA) is 75.7 Å². The first-order valence-corrected chi connectivity index (χ1v) is 10.2. The number of methoxy groups -OCH3 is 1. The summed E-state index contributed by atoms with van der Waals surface area (Å²) in [5, 5.41) is 3.28. The predicted molar refractivity (Wildman–Crippen MR) is 107 cm³/mol. The molecule has 1 fully saturated rings. The predicted octanol–water partition coefficient (Wildman–Crippen LogP) is 3.59. The highest BCUT2D eigenvalue weighted by molar-refractivity contribution is 7.95. The van der Waals surface area contributed by atoms with Gasteiger partial charge in [0.05, 0.1) is 12.8 Å². The van der Waals surface area contributed by atoms with Gasteiger partial charge in [0.1, 0.15) is 5.75 Å². The van der Waals surface area contributed by atoms with Crippen molar-refractivity contribution in [2.24, 2.45) is 0 Å². The highest BCUT2D eigenvalue weighted by Crippen LogP contribution is 2.38. The van der Waals surface area contributed by atoms with E-state index in [0.29, 0.717) is 22.1 Å². The number of halogens is 1. The van der Waals surface area contributed by atoms with E-state index in [1.807, 2.05) is 6.92 Å². The molecule has 0 radical (unpaired) electrons. The summed E-state index contributed by atoms with van der Waals surface area (Å²) >= 11 is 5.88. The van der Waals surface area contributed by atoms with E-state index in [-0.39, 0.29) is 13.0 Å². The van der Waals surface area contributed by atoms with Gasteiger partial charge in [-0.1, -0.05) is 11.6 Å². The van der Waals surface area contributed by atoms with Crippen LogP contribution < -0.4 is 14.4 Å². The van der Waals surface area contributed by atoms with E-state index in [2.05, 4.69) is 5.32 Å². The molecule has 0 spiro atoms. The second kappa shape index (κ2) is 7.05. The fourth-order valence-electron chi connectivity index (χ4n) is 3.07. The van der Waals surface area contributed by atoms with E-state index < -0.39 is 20.7 Å². The highest BCUT2D eigenvalue weighted by atomic mass is 35.5. The molecule has 144 valence electrons. The second-order valence-electron chi connectivity index (χ2n) is 6.67. The molecule has 2 aromatic rings. The number of carbonyl (C=O) groups excluding carboxylic acids is 1. The quantitative estimate of drug-likeness (QED) is 0.838. The molecule has 6 nitrogen and oxygen atoms in total. The van der Waals surface area contributed by atoms with Crippen LogP contribution in [0.5, 0.6) is 5.75 Å². The van der Waals surface area contributed by atoms with Crippen molar-refractivity contribution in [2.45, 2.75) is 25.0 Å². The summed E-state index contributed by atoms with van der Waals surface area (Å²) in [6, 6.07) is 11.7. The van der Waals surface area contributed by atoms with Crippen LogP contribution >= 0.6 is 11.6 Å². The first-order valence-electron chi connectivity index (χ1n) is 8.43. The summed E-state index contributed by atoms with van der Waals surface area (Å²) in [6.07, 6.45) is 0.193. The number of ether oxygens (including phenoxy) is 1. The second-order valence-corrected chi connectivity index (χ2v) is 9.40. The zero-order valence-electron chi connectivity index (χ0n) is 15.3. The molecule has 2 aromatic carbocycles. The number of hydrogen-bond donors (Lipinski definition) is 1. The van der Waals surface area contributed by atoms with Crippen LogP contribution in [0.4, 0.5) is 11.4 Å². The Kier molecular flexibility index (Phi) is 5.10. The molecule has 8 heteroatoms. The lowest BCUT2D eigenvalue weighted by atomic mass is 10.1. The molecule has 1 amide bonds. The number of rotatable bonds is 4. The summed E-state index contributed by atoms with van der Waals surface area (Å²) < 4.78 is 31.1. The molecule has 1 aliphatic heterocycles. The highest BCUT2D eigenvalue weighted by Gasteiger charge is 2.54. The third-order valence-corrected chi connectivity index (χ3v) is 7.68. The van der Waals surface area contributed by atoms with Crippen molar-refractivity contribution >= 4 is 38.9 Å². The van der Waals surface area contributed by atoms with Gasteiger partial charge in [-0.2, -0.15) is 0 Å². The standard InChI is InChI=1S/C19H21ClN2O4S/c1-13-12-16(26-3)8-9-17(13)21-18(23)19(2)10-11-22(27(19,24)25)15-6-4-14(20)5-7-15/h4-9,12H,10-11H2,1-3H3,(H,21,23)/t19-/m1/s1. The number of benzene rings is 2. The molecule has 0 bridgehead atoms. The smallest absolute Gasteiger partial charge is 0.249 e. The average molecular weight is 409 g/mol. The number of amides is 1. The van der Waals surface area contributed by atoms with Crippen LogP contribution in [0.3, 0.4) is 0 Å². The summed E-state index contributed by atoms with van der Waals surface area (Å²) in [4.78, 5) is 12.9. The molecule has 1 saturated heterocycles. The van der Waals surface area contributed by atoms with Crippen molar-refractivity contribution < 1.29 is 17.9 Å². The fourth-order valence-corrected chi connectivity index (χ4v) is 5.05. The monoisotopic (exact) mass is 408 g/mol. The third-order valence-electron chi connectivity index (χ3n) is 4.93. The molecular weight excluding hydrogens is 388 g/mol. The van der Waals surface area contributed by atoms with E-state index in [0.717, 1.165) is 5.56 Å². The Balaban J connectivity index is 1.87. The van der Waals surface area contributed by atoms with E-state index in [1.54, 1.807) is 49.6 Å². The number of hydrogen-bond acceptors (Lipinski definition) is 4. The normalized spacial score (nSPS) is 21.1. The number of aryl methyl sites for hydroxylation is 1. The van der Waals surface area contributed by atoms with Crippen molar-refractivity contribution in [3.8, 4) is 5.75 Å². The van der Waals surface area contributed by atoms with Crippen LogP contribution in [-0.2, 0) is 14.8 Å². The maximum atomic E-state index is 13.1. The lowest BCUT2D eigenvalue weighted by molar-refractivity contribution is -0.118. The van der Waals surface area contributed by atoms with E-state index in [9.17, 15) is 13.2 Å². The van der Waals surface area contributed by atoms with Crippen molar-refractivity contribution in [1.29, 1.82) is 0 Å². The van der Waals surface area contributed by atoms with Gasteiger partial charge in [-0.15, -0.1) is 0 Å². The zero-order valence-corrected chi connectivity index (χ0v) is 16.9. The van der Waals surface area contributed by atoms with Crippen LogP contribution in [0.15, 0.2) is 42.5 Å². The van der Waals surface area contributed by atoms with Crippen LogP contribution in [0, 0.1) is 6.92 Å². The van der Waals surface area contributed by atoms with Gasteiger partial charge in [-0.3, -0.25) is 9.10 Å². The molecule has 0 aromatic heterocycles. The minimum atomic E-state index is -3.88. The molecule has 1 aliphatic rings. The van der Waals surface area contributed by atoms with Crippen molar-refractivity contribution in [2.75, 3.05) is 23.3 Å². The Hall–Kier alpha value is -2.25. The minimum absolute atomic E-state index is 0.193. The largest absolute Gasteiger partial charge is 0.497 e. The van der Waals surface area contributed by atoms with Crippen LogP contribution in [0.1, 0.15) is 18.9 Å². The van der Waals surface area contributed by atoms with Crippen molar-refractivity contribution in [3.63, 3.8) is 0 Å². The molecule has 1 N–H and O–H groups in total. The lowest BCUT2D eigenvalue weighted by Gasteiger charge is -2.25. The molecule has 3 rings (SSSR count). The van der Waals surface area contributed by atoms with Crippen LogP contribution in [0.2, 0.25) is 5.02 Å². The van der Waals surface area contributed by atoms with Gasteiger partial charge in [0, 0.05) is 17.3 Å². The molecule has 1 heterocycles. The van der Waals surface area contributed by atoms with Gasteiger partial charge in [0.2, 0.25) is 15.9 Å². The van der Waals surface area contributed by atoms with Gasteiger partial charge in [-0.25, -0.2) is 8.42 Å². The summed E-state index contributed by atoms with van der Waals surface area (Å²) in [7, 11) is -2.32. The van der Waals surface area contributed by atoms with Crippen LogP contribution in [-0.4, -0.2) is 32.7 Å². The fraction of sp³-hybridized carbons (Fsp3) is 0.316. The van der Waals surface area contributed by atoms with Crippen LogP contribution in [0.25, 0.3) is 0 Å². The Morgan fingerprint density at radius 1 is 1.22 bits per heavy atom. The summed E-state index contributed by atoms with van der Waals surface area (Å²) in [5.41, 5.74) is 1.84. The first kappa shape index (κ1) is 19.5. The third kappa shape index (κ3) is 3.37. The maximum Gasteiger partial charge on any atom is 0.249 e. The van der Waals surface area contributed by atoms with Gasteiger partial charge in [0.25, 0.3) is 0 Å². The molecule has 27 heavy (non-hydrogen) atoms. The average Bonchev–Trinajstić information content (AvgIpc) is 2.88. The zero-order chi connectivity index (χ0) is 19.8. The number of anilines is 2. The van der Waals surface area contributed by atoms with Crippen molar-refractivity contribution in [3.05, 3.63) is 53.1 Å². The number of nitrogens with zero attached hydrogens (tertiary/aromatic N) is 1. The Morgan fingerprint density at radius 2 is 1.89 bits per heavy atom. The SMILES string of the molecule is COc1ccc(NC(=O)[C@@]2(C)CCN(c3ccc(Cl)cc3)S2(=O)=O)c(C)c1. The molecule has 0 unspecified atom stereocenters. The first-order chi connectivity index (χ1) is 12.7. The minimum Gasteiger partial charge on any atom is -0.497 e. The molecule has 0 saturated carbocycles.